The van der Waals surface area contributed by atoms with Gasteiger partial charge in [-0.15, -0.1) is 0 Å². The van der Waals surface area contributed by atoms with Crippen LogP contribution in [0.5, 0.6) is 5.75 Å². The first-order valence-electron chi connectivity index (χ1n) is 8.13. The highest BCUT2D eigenvalue weighted by molar-refractivity contribution is 5.83. The maximum atomic E-state index is 12.9. The number of nitrogens with one attached hydrogen (secondary N) is 1. The quantitative estimate of drug-likeness (QED) is 0.789. The van der Waals surface area contributed by atoms with Gasteiger partial charge in [0.2, 0.25) is 5.91 Å². The summed E-state index contributed by atoms with van der Waals surface area (Å²) in [5, 5.41) is 8.03. The average molecular weight is 321 g/mol. The van der Waals surface area contributed by atoms with Crippen molar-refractivity contribution in [2.24, 2.45) is 0 Å². The van der Waals surface area contributed by atoms with Crippen LogP contribution in [0.1, 0.15) is 18.1 Å². The Morgan fingerprint density at radius 1 is 1.33 bits per heavy atom. The van der Waals surface area contributed by atoms with Crippen molar-refractivity contribution >= 4 is 16.8 Å². The van der Waals surface area contributed by atoms with Crippen molar-refractivity contribution in [3.05, 3.63) is 59.8 Å². The lowest BCUT2D eigenvalue weighted by molar-refractivity contribution is -0.133. The predicted molar refractivity (Wildman–Crippen MR) is 91.7 cm³/mol. The molecule has 3 aromatic rings. The number of nitrogens with zero attached hydrogens (tertiary/aromatic N) is 2. The lowest BCUT2D eigenvalue weighted by Crippen LogP contribution is -2.40. The second-order valence-corrected chi connectivity index (χ2v) is 6.26. The summed E-state index contributed by atoms with van der Waals surface area (Å²) in [6, 6.07) is 13.9. The van der Waals surface area contributed by atoms with Crippen LogP contribution in [0.15, 0.2) is 48.7 Å². The van der Waals surface area contributed by atoms with Crippen molar-refractivity contribution < 1.29 is 9.53 Å². The molecule has 0 bridgehead atoms. The zero-order valence-corrected chi connectivity index (χ0v) is 13.5. The standard InChI is InChI=1S/C19H19N3O2/c1-13-12-24-18-5-3-2-4-16(18)11-22(13)19(23)9-14-6-7-15-10-20-21-17(15)8-14/h2-8,10,13H,9,11-12H2,1H3,(H,20,21)/t13-/m0/s1. The minimum Gasteiger partial charge on any atom is -0.491 e. The zero-order valence-electron chi connectivity index (χ0n) is 13.5. The molecule has 1 aromatic heterocycles. The summed E-state index contributed by atoms with van der Waals surface area (Å²) in [5.74, 6) is 0.986. The molecule has 1 N–H and O–H groups in total. The molecular weight excluding hydrogens is 302 g/mol. The maximum absolute atomic E-state index is 12.9. The summed E-state index contributed by atoms with van der Waals surface area (Å²) < 4.78 is 5.83. The Balaban J connectivity index is 1.56. The van der Waals surface area contributed by atoms with Crippen LogP contribution in [0.2, 0.25) is 0 Å². The number of rotatable bonds is 2. The molecule has 122 valence electrons. The molecule has 24 heavy (non-hydrogen) atoms. The number of benzene rings is 2. The molecule has 2 aromatic carbocycles. The van der Waals surface area contributed by atoms with Crippen LogP contribution in [0.3, 0.4) is 0 Å². The Kier molecular flexibility index (Phi) is 3.69. The average Bonchev–Trinajstić information content (AvgIpc) is 2.98. The van der Waals surface area contributed by atoms with Gasteiger partial charge in [0.05, 0.1) is 24.2 Å². The molecule has 1 aliphatic rings. The SMILES string of the molecule is C[C@H]1COc2ccccc2CN1C(=O)Cc1ccc2cn[nH]c2c1. The van der Waals surface area contributed by atoms with Crippen molar-refractivity contribution in [3.63, 3.8) is 0 Å². The fraction of sp³-hybridized carbons (Fsp3) is 0.263. The third-order valence-electron chi connectivity index (χ3n) is 4.51. The van der Waals surface area contributed by atoms with Gasteiger partial charge in [0, 0.05) is 17.5 Å². The number of hydrogen-bond donors (Lipinski definition) is 1. The van der Waals surface area contributed by atoms with Gasteiger partial charge in [0.15, 0.2) is 0 Å². The van der Waals surface area contributed by atoms with Crippen LogP contribution < -0.4 is 4.74 Å². The fourth-order valence-corrected chi connectivity index (χ4v) is 3.12. The Morgan fingerprint density at radius 2 is 2.21 bits per heavy atom. The van der Waals surface area contributed by atoms with Gasteiger partial charge in [-0.1, -0.05) is 30.3 Å². The number of ether oxygens (including phenoxy) is 1. The van der Waals surface area contributed by atoms with Gasteiger partial charge in [-0.25, -0.2) is 0 Å². The Bertz CT molecular complexity index is 887. The van der Waals surface area contributed by atoms with E-state index in [9.17, 15) is 4.79 Å². The topological polar surface area (TPSA) is 58.2 Å². The van der Waals surface area contributed by atoms with Crippen LogP contribution >= 0.6 is 0 Å². The van der Waals surface area contributed by atoms with Crippen LogP contribution in [0.25, 0.3) is 10.9 Å². The Hall–Kier alpha value is -2.82. The number of aromatic amines is 1. The molecule has 0 fully saturated rings. The third kappa shape index (κ3) is 2.73. The highest BCUT2D eigenvalue weighted by Crippen LogP contribution is 2.25. The summed E-state index contributed by atoms with van der Waals surface area (Å²) in [6.07, 6.45) is 2.16. The van der Waals surface area contributed by atoms with Gasteiger partial charge >= 0.3 is 0 Å². The summed E-state index contributed by atoms with van der Waals surface area (Å²) in [7, 11) is 0. The van der Waals surface area contributed by atoms with Gasteiger partial charge in [-0.2, -0.15) is 5.10 Å². The van der Waals surface area contributed by atoms with Crippen molar-refractivity contribution in [2.45, 2.75) is 25.9 Å². The first-order chi connectivity index (χ1) is 11.7. The van der Waals surface area contributed by atoms with E-state index in [1.807, 2.05) is 54.3 Å². The van der Waals surface area contributed by atoms with Crippen LogP contribution in [-0.4, -0.2) is 33.7 Å². The number of carbonyl (C=O) groups is 1. The minimum atomic E-state index is 0.0424. The largest absolute Gasteiger partial charge is 0.491 e. The van der Waals surface area contributed by atoms with E-state index in [-0.39, 0.29) is 11.9 Å². The highest BCUT2D eigenvalue weighted by Gasteiger charge is 2.25. The van der Waals surface area contributed by atoms with Gasteiger partial charge < -0.3 is 9.64 Å². The molecule has 4 rings (SSSR count). The smallest absolute Gasteiger partial charge is 0.227 e. The monoisotopic (exact) mass is 321 g/mol. The number of carbonyl (C=O) groups excluding carboxylic acids is 1. The van der Waals surface area contributed by atoms with E-state index in [4.69, 9.17) is 4.74 Å². The molecule has 1 aliphatic heterocycles. The molecule has 1 amide bonds. The minimum absolute atomic E-state index is 0.0424. The molecule has 0 radical (unpaired) electrons. The van der Waals surface area contributed by atoms with Crippen molar-refractivity contribution in [1.29, 1.82) is 0 Å². The number of amides is 1. The van der Waals surface area contributed by atoms with E-state index in [0.717, 1.165) is 27.8 Å². The molecule has 0 unspecified atom stereocenters. The van der Waals surface area contributed by atoms with E-state index in [1.54, 1.807) is 6.20 Å². The van der Waals surface area contributed by atoms with E-state index < -0.39 is 0 Å². The fourth-order valence-electron chi connectivity index (χ4n) is 3.12. The predicted octanol–water partition coefficient (Wildman–Crippen LogP) is 2.92. The molecule has 0 saturated carbocycles. The molecule has 0 aliphatic carbocycles. The number of para-hydroxylation sites is 1. The molecule has 5 nitrogen and oxygen atoms in total. The first kappa shape index (κ1) is 14.8. The van der Waals surface area contributed by atoms with Crippen molar-refractivity contribution in [2.75, 3.05) is 6.61 Å². The Morgan fingerprint density at radius 3 is 3.12 bits per heavy atom. The van der Waals surface area contributed by atoms with Gasteiger partial charge in [-0.05, 0) is 24.6 Å². The third-order valence-corrected chi connectivity index (χ3v) is 4.51. The van der Waals surface area contributed by atoms with E-state index in [1.165, 1.54) is 0 Å². The summed E-state index contributed by atoms with van der Waals surface area (Å²) >= 11 is 0. The van der Waals surface area contributed by atoms with Gasteiger partial charge in [-0.3, -0.25) is 9.89 Å². The van der Waals surface area contributed by atoms with Crippen molar-refractivity contribution in [3.8, 4) is 5.75 Å². The maximum Gasteiger partial charge on any atom is 0.227 e. The van der Waals surface area contributed by atoms with Gasteiger partial charge in [0.25, 0.3) is 0 Å². The molecule has 1 atom stereocenters. The lowest BCUT2D eigenvalue weighted by atomic mass is 10.1. The number of hydrogen-bond acceptors (Lipinski definition) is 3. The highest BCUT2D eigenvalue weighted by atomic mass is 16.5. The Labute approximate surface area is 140 Å². The van der Waals surface area contributed by atoms with E-state index in [0.29, 0.717) is 19.6 Å². The zero-order chi connectivity index (χ0) is 16.5. The second kappa shape index (κ2) is 6.00. The molecule has 5 heteroatoms. The molecule has 0 spiro atoms. The summed E-state index contributed by atoms with van der Waals surface area (Å²) in [4.78, 5) is 14.8. The normalized spacial score (nSPS) is 17.2. The lowest BCUT2D eigenvalue weighted by Gasteiger charge is -2.26. The molecular formula is C19H19N3O2. The van der Waals surface area contributed by atoms with Crippen LogP contribution in [-0.2, 0) is 17.8 Å². The molecule has 2 heterocycles. The van der Waals surface area contributed by atoms with E-state index >= 15 is 0 Å². The number of aromatic nitrogens is 2. The number of H-pyrrole nitrogens is 1. The van der Waals surface area contributed by atoms with Crippen LogP contribution in [0.4, 0.5) is 0 Å². The summed E-state index contributed by atoms with van der Waals surface area (Å²) in [6.45, 7) is 3.13. The van der Waals surface area contributed by atoms with Crippen LogP contribution in [0, 0.1) is 0 Å². The summed E-state index contributed by atoms with van der Waals surface area (Å²) in [5.41, 5.74) is 3.00. The van der Waals surface area contributed by atoms with Gasteiger partial charge in [0.1, 0.15) is 12.4 Å². The van der Waals surface area contributed by atoms with Crippen molar-refractivity contribution in [1.82, 2.24) is 15.1 Å². The number of fused-ring (bicyclic) bond motifs is 2. The van der Waals surface area contributed by atoms with E-state index in [2.05, 4.69) is 10.2 Å². The first-order valence-corrected chi connectivity index (χ1v) is 8.13. The molecule has 0 saturated heterocycles. The second-order valence-electron chi connectivity index (χ2n) is 6.26.